The van der Waals surface area contributed by atoms with Crippen molar-refractivity contribution < 1.29 is 28.4 Å². The van der Waals surface area contributed by atoms with Crippen LogP contribution in [0.5, 0.6) is 34.5 Å². The largest absolute Gasteiger partial charge is 0.496 e. The van der Waals surface area contributed by atoms with Crippen molar-refractivity contribution in [3.8, 4) is 34.5 Å². The van der Waals surface area contributed by atoms with Crippen LogP contribution in [0.1, 0.15) is 25.0 Å². The van der Waals surface area contributed by atoms with E-state index in [0.717, 1.165) is 29.6 Å². The molecule has 0 amide bonds. The summed E-state index contributed by atoms with van der Waals surface area (Å²) in [6, 6.07) is 11.8. The Kier molecular flexibility index (Phi) is 8.71. The minimum atomic E-state index is 0.376. The Morgan fingerprint density at radius 1 is 0.647 bits per heavy atom. The standard InChI is InChI=1S/C27H35NO6/c1-8-28(9-2)16-19-24(31-5)22-20(29-3)15-21(30-4)26(32-6)23(22)27(33-7)25(19)34-17-18-13-11-10-12-14-18/h10-15H,8-9,16-17H2,1-7H3. The minimum Gasteiger partial charge on any atom is -0.496 e. The molecule has 0 unspecified atom stereocenters. The number of hydrogen-bond acceptors (Lipinski definition) is 7. The number of ether oxygens (including phenoxy) is 6. The van der Waals surface area contributed by atoms with Gasteiger partial charge in [0.15, 0.2) is 23.0 Å². The van der Waals surface area contributed by atoms with E-state index in [4.69, 9.17) is 28.4 Å². The van der Waals surface area contributed by atoms with Crippen LogP contribution in [0.3, 0.4) is 0 Å². The molecular formula is C27H35NO6. The zero-order chi connectivity index (χ0) is 24.7. The van der Waals surface area contributed by atoms with Crippen LogP contribution in [0.4, 0.5) is 0 Å². The molecule has 7 heteroatoms. The molecule has 0 aliphatic rings. The van der Waals surface area contributed by atoms with E-state index in [2.05, 4.69) is 18.7 Å². The van der Waals surface area contributed by atoms with Gasteiger partial charge in [-0.1, -0.05) is 44.2 Å². The second-order valence-corrected chi connectivity index (χ2v) is 7.67. The van der Waals surface area contributed by atoms with E-state index in [1.54, 1.807) is 41.6 Å². The second-order valence-electron chi connectivity index (χ2n) is 7.67. The van der Waals surface area contributed by atoms with Crippen molar-refractivity contribution in [3.05, 3.63) is 47.5 Å². The van der Waals surface area contributed by atoms with Gasteiger partial charge in [-0.15, -0.1) is 0 Å². The van der Waals surface area contributed by atoms with Crippen molar-refractivity contribution >= 4 is 10.8 Å². The van der Waals surface area contributed by atoms with Gasteiger partial charge in [0.25, 0.3) is 0 Å². The normalized spacial score (nSPS) is 10.9. The fraction of sp³-hybridized carbons (Fsp3) is 0.407. The summed E-state index contributed by atoms with van der Waals surface area (Å²) in [7, 11) is 8.10. The Morgan fingerprint density at radius 3 is 1.79 bits per heavy atom. The summed E-state index contributed by atoms with van der Waals surface area (Å²) >= 11 is 0. The molecule has 0 atom stereocenters. The summed E-state index contributed by atoms with van der Waals surface area (Å²) in [5, 5.41) is 1.41. The van der Waals surface area contributed by atoms with E-state index in [1.807, 2.05) is 30.3 Å². The van der Waals surface area contributed by atoms with Crippen LogP contribution in [0, 0.1) is 0 Å². The van der Waals surface area contributed by atoms with Crippen LogP contribution in [0.15, 0.2) is 36.4 Å². The molecule has 0 saturated heterocycles. The zero-order valence-electron chi connectivity index (χ0n) is 21.2. The number of fused-ring (bicyclic) bond motifs is 1. The summed E-state index contributed by atoms with van der Waals surface area (Å²) in [5.41, 5.74) is 1.93. The quantitative estimate of drug-likeness (QED) is 0.357. The molecular weight excluding hydrogens is 434 g/mol. The summed E-state index contributed by atoms with van der Waals surface area (Å²) in [5.74, 6) is 3.45. The van der Waals surface area contributed by atoms with Gasteiger partial charge in [0.05, 0.1) is 51.9 Å². The van der Waals surface area contributed by atoms with Gasteiger partial charge in [0, 0.05) is 12.6 Å². The van der Waals surface area contributed by atoms with Gasteiger partial charge >= 0.3 is 0 Å². The lowest BCUT2D eigenvalue weighted by molar-refractivity contribution is 0.256. The monoisotopic (exact) mass is 469 g/mol. The maximum atomic E-state index is 6.46. The van der Waals surface area contributed by atoms with E-state index in [9.17, 15) is 0 Å². The number of rotatable bonds is 12. The first-order chi connectivity index (χ1) is 16.6. The van der Waals surface area contributed by atoms with Crippen molar-refractivity contribution in [1.82, 2.24) is 4.90 Å². The summed E-state index contributed by atoms with van der Waals surface area (Å²) in [4.78, 5) is 2.30. The van der Waals surface area contributed by atoms with Crippen molar-refractivity contribution in [1.29, 1.82) is 0 Å². The topological polar surface area (TPSA) is 58.6 Å². The molecule has 184 valence electrons. The van der Waals surface area contributed by atoms with Crippen LogP contribution in [0.25, 0.3) is 10.8 Å². The molecule has 0 bridgehead atoms. The molecule has 3 aromatic carbocycles. The first kappa shape index (κ1) is 25.3. The SMILES string of the molecule is CCN(CC)Cc1c(OCc2ccccc2)c(OC)c2c(OC)c(OC)cc(OC)c2c1OC. The molecule has 0 heterocycles. The van der Waals surface area contributed by atoms with E-state index in [1.165, 1.54) is 0 Å². The third-order valence-corrected chi connectivity index (χ3v) is 5.97. The fourth-order valence-corrected chi connectivity index (χ4v) is 4.20. The van der Waals surface area contributed by atoms with Crippen molar-refractivity contribution in [3.63, 3.8) is 0 Å². The molecule has 0 N–H and O–H groups in total. The highest BCUT2D eigenvalue weighted by molar-refractivity contribution is 6.06. The predicted octanol–water partition coefficient (Wildman–Crippen LogP) is 5.30. The van der Waals surface area contributed by atoms with Gasteiger partial charge in [-0.05, 0) is 18.7 Å². The molecule has 3 rings (SSSR count). The third kappa shape index (κ3) is 4.80. The molecule has 0 aliphatic carbocycles. The fourth-order valence-electron chi connectivity index (χ4n) is 4.20. The summed E-state index contributed by atoms with van der Waals surface area (Å²) < 4.78 is 35.6. The smallest absolute Gasteiger partial charge is 0.173 e. The lowest BCUT2D eigenvalue weighted by atomic mass is 9.99. The Morgan fingerprint density at radius 2 is 1.26 bits per heavy atom. The highest BCUT2D eigenvalue weighted by atomic mass is 16.5. The van der Waals surface area contributed by atoms with Crippen molar-refractivity contribution in [2.75, 3.05) is 48.6 Å². The molecule has 0 radical (unpaired) electrons. The minimum absolute atomic E-state index is 0.376. The lowest BCUT2D eigenvalue weighted by Crippen LogP contribution is -2.23. The van der Waals surface area contributed by atoms with E-state index >= 15 is 0 Å². The maximum absolute atomic E-state index is 6.46. The Balaban J connectivity index is 2.40. The molecule has 0 aromatic heterocycles. The molecule has 0 spiro atoms. The van der Waals surface area contributed by atoms with E-state index < -0.39 is 0 Å². The molecule has 7 nitrogen and oxygen atoms in total. The lowest BCUT2D eigenvalue weighted by Gasteiger charge is -2.26. The average Bonchev–Trinajstić information content (AvgIpc) is 2.89. The average molecular weight is 470 g/mol. The van der Waals surface area contributed by atoms with Crippen LogP contribution >= 0.6 is 0 Å². The van der Waals surface area contributed by atoms with Gasteiger partial charge in [0.2, 0.25) is 0 Å². The van der Waals surface area contributed by atoms with Gasteiger partial charge in [0.1, 0.15) is 18.1 Å². The zero-order valence-corrected chi connectivity index (χ0v) is 21.2. The van der Waals surface area contributed by atoms with Crippen molar-refractivity contribution in [2.45, 2.75) is 27.0 Å². The Bertz CT molecular complexity index is 1100. The van der Waals surface area contributed by atoms with E-state index in [0.29, 0.717) is 53.0 Å². The number of hydrogen-bond donors (Lipinski definition) is 0. The number of benzene rings is 3. The molecule has 0 aliphatic heterocycles. The van der Waals surface area contributed by atoms with Crippen LogP contribution < -0.4 is 28.4 Å². The first-order valence-electron chi connectivity index (χ1n) is 11.4. The highest BCUT2D eigenvalue weighted by Gasteiger charge is 2.30. The van der Waals surface area contributed by atoms with Crippen LogP contribution in [0.2, 0.25) is 0 Å². The van der Waals surface area contributed by atoms with Gasteiger partial charge < -0.3 is 28.4 Å². The molecule has 34 heavy (non-hydrogen) atoms. The Labute approximate surface area is 202 Å². The van der Waals surface area contributed by atoms with Crippen LogP contribution in [-0.2, 0) is 13.2 Å². The third-order valence-electron chi connectivity index (χ3n) is 5.97. The van der Waals surface area contributed by atoms with Crippen molar-refractivity contribution in [2.24, 2.45) is 0 Å². The number of nitrogens with zero attached hydrogens (tertiary/aromatic N) is 1. The summed E-state index contributed by atoms with van der Waals surface area (Å²) in [6.45, 7) is 7.01. The molecule has 3 aromatic rings. The van der Waals surface area contributed by atoms with Gasteiger partial charge in [-0.2, -0.15) is 0 Å². The second kappa shape index (κ2) is 11.7. The Hall–Kier alpha value is -3.32. The van der Waals surface area contributed by atoms with Gasteiger partial charge in [-0.3, -0.25) is 4.90 Å². The first-order valence-corrected chi connectivity index (χ1v) is 11.4. The molecule has 0 fully saturated rings. The predicted molar refractivity (Wildman–Crippen MR) is 134 cm³/mol. The van der Waals surface area contributed by atoms with Gasteiger partial charge in [-0.25, -0.2) is 0 Å². The maximum Gasteiger partial charge on any atom is 0.173 e. The molecule has 0 saturated carbocycles. The van der Waals surface area contributed by atoms with E-state index in [-0.39, 0.29) is 0 Å². The number of methoxy groups -OCH3 is 5. The summed E-state index contributed by atoms with van der Waals surface area (Å²) in [6.07, 6.45) is 0. The van der Waals surface area contributed by atoms with Crippen LogP contribution in [-0.4, -0.2) is 53.5 Å². The highest BCUT2D eigenvalue weighted by Crippen LogP contribution is 2.55.